The predicted molar refractivity (Wildman–Crippen MR) is 90.2 cm³/mol. The summed E-state index contributed by atoms with van der Waals surface area (Å²) in [5, 5.41) is 10.5. The summed E-state index contributed by atoms with van der Waals surface area (Å²) < 4.78 is 33.7. The van der Waals surface area contributed by atoms with Gasteiger partial charge >= 0.3 is 29.6 Å². The van der Waals surface area contributed by atoms with Crippen molar-refractivity contribution in [1.82, 2.24) is 0 Å². The number of ether oxygens (including phenoxy) is 6. The van der Waals surface area contributed by atoms with Gasteiger partial charge in [0.1, 0.15) is 31.2 Å². The molecule has 3 rings (SSSR count). The SMILES string of the molecule is CCOCO[C@@H]1[C@H](O)[C@H](OC)O[C@@H]2COC(c3ccccc3)O[C@@H]12.[NaH]. The zero-order valence-electron chi connectivity index (χ0n) is 13.9. The summed E-state index contributed by atoms with van der Waals surface area (Å²) in [5.41, 5.74) is 0.905. The summed E-state index contributed by atoms with van der Waals surface area (Å²) in [6, 6.07) is 9.63. The van der Waals surface area contributed by atoms with E-state index in [1.807, 2.05) is 37.3 Å². The van der Waals surface area contributed by atoms with Gasteiger partial charge in [-0.05, 0) is 6.92 Å². The number of hydrogen-bond donors (Lipinski definition) is 1. The molecule has 1 unspecified atom stereocenters. The average molecular weight is 364 g/mol. The van der Waals surface area contributed by atoms with E-state index in [2.05, 4.69) is 0 Å². The van der Waals surface area contributed by atoms with Crippen LogP contribution < -0.4 is 0 Å². The van der Waals surface area contributed by atoms with Crippen LogP contribution in [0.25, 0.3) is 0 Å². The second kappa shape index (κ2) is 10.3. The van der Waals surface area contributed by atoms with Crippen molar-refractivity contribution in [1.29, 1.82) is 0 Å². The van der Waals surface area contributed by atoms with Crippen molar-refractivity contribution in [2.75, 3.05) is 27.1 Å². The van der Waals surface area contributed by atoms with Gasteiger partial charge in [0.15, 0.2) is 12.6 Å². The summed E-state index contributed by atoms with van der Waals surface area (Å²) in [6.07, 6.45) is -3.80. The Morgan fingerprint density at radius 2 is 1.96 bits per heavy atom. The van der Waals surface area contributed by atoms with E-state index >= 15 is 0 Å². The first-order valence-corrected chi connectivity index (χ1v) is 8.12. The molecule has 25 heavy (non-hydrogen) atoms. The molecule has 2 fully saturated rings. The average Bonchev–Trinajstić information content (AvgIpc) is 2.63. The number of aliphatic hydroxyl groups excluding tert-OH is 1. The van der Waals surface area contributed by atoms with Crippen LogP contribution in [0.1, 0.15) is 18.8 Å². The zero-order valence-corrected chi connectivity index (χ0v) is 13.9. The minimum atomic E-state index is -0.980. The van der Waals surface area contributed by atoms with E-state index in [1.54, 1.807) is 0 Å². The number of methoxy groups -OCH3 is 1. The molecular formula is C17H25NaO7. The number of fused-ring (bicyclic) bond motifs is 1. The Kier molecular flexibility index (Phi) is 8.77. The molecule has 1 aromatic carbocycles. The van der Waals surface area contributed by atoms with Crippen LogP contribution in [0.5, 0.6) is 0 Å². The fraction of sp³-hybridized carbons (Fsp3) is 0.647. The molecule has 0 bridgehead atoms. The van der Waals surface area contributed by atoms with Crippen LogP contribution in [0.2, 0.25) is 0 Å². The zero-order chi connectivity index (χ0) is 16.9. The monoisotopic (exact) mass is 364 g/mol. The van der Waals surface area contributed by atoms with E-state index in [9.17, 15) is 5.11 Å². The van der Waals surface area contributed by atoms with Crippen molar-refractivity contribution < 1.29 is 33.5 Å². The summed E-state index contributed by atoms with van der Waals surface area (Å²) >= 11 is 0. The quantitative estimate of drug-likeness (QED) is 0.449. The molecule has 0 aliphatic carbocycles. The molecule has 2 saturated heterocycles. The van der Waals surface area contributed by atoms with E-state index in [0.717, 1.165) is 5.56 Å². The number of rotatable bonds is 6. The molecular weight excluding hydrogens is 339 g/mol. The first-order chi connectivity index (χ1) is 11.7. The van der Waals surface area contributed by atoms with Gasteiger partial charge in [0.05, 0.1) is 6.61 Å². The molecule has 0 amide bonds. The number of aliphatic hydroxyl groups is 1. The topological polar surface area (TPSA) is 75.6 Å². The van der Waals surface area contributed by atoms with Gasteiger partial charge in [-0.25, -0.2) is 0 Å². The van der Waals surface area contributed by atoms with Crippen LogP contribution in [-0.4, -0.2) is 92.5 Å². The predicted octanol–water partition coefficient (Wildman–Crippen LogP) is 0.563. The van der Waals surface area contributed by atoms with Gasteiger partial charge in [-0.15, -0.1) is 0 Å². The van der Waals surface area contributed by atoms with Crippen molar-refractivity contribution >= 4 is 29.6 Å². The van der Waals surface area contributed by atoms with Crippen LogP contribution >= 0.6 is 0 Å². The molecule has 0 aromatic heterocycles. The molecule has 0 radical (unpaired) electrons. The Labute approximate surface area is 169 Å². The molecule has 7 nitrogen and oxygen atoms in total. The van der Waals surface area contributed by atoms with E-state index in [0.29, 0.717) is 13.2 Å². The Bertz CT molecular complexity index is 503. The normalized spacial score (nSPS) is 34.8. The van der Waals surface area contributed by atoms with Crippen molar-refractivity contribution in [3.63, 3.8) is 0 Å². The Morgan fingerprint density at radius 1 is 1.20 bits per heavy atom. The molecule has 0 saturated carbocycles. The third-order valence-corrected chi connectivity index (χ3v) is 4.16. The van der Waals surface area contributed by atoms with Crippen molar-refractivity contribution in [2.24, 2.45) is 0 Å². The van der Waals surface area contributed by atoms with Crippen LogP contribution in [0.15, 0.2) is 30.3 Å². The van der Waals surface area contributed by atoms with E-state index < -0.39 is 30.9 Å². The standard InChI is InChI=1S/C17H24O7.Na.H/c1-3-20-10-22-15-13(18)17(19-2)23-12-9-21-16(24-14(12)15)11-7-5-4-6-8-11;;/h4-8,12-18H,3,9-10H2,1-2H3;;/t12-,13+,14-,15-,16?,17-;;/m1../s1. The van der Waals surface area contributed by atoms with E-state index in [4.69, 9.17) is 28.4 Å². The Morgan fingerprint density at radius 3 is 2.64 bits per heavy atom. The van der Waals surface area contributed by atoms with Gasteiger partial charge in [0, 0.05) is 19.3 Å². The van der Waals surface area contributed by atoms with Gasteiger partial charge in [-0.3, -0.25) is 0 Å². The van der Waals surface area contributed by atoms with Crippen molar-refractivity contribution in [3.05, 3.63) is 35.9 Å². The Balaban J connectivity index is 0.00000225. The first kappa shape index (κ1) is 21.2. The van der Waals surface area contributed by atoms with E-state index in [-0.39, 0.29) is 42.5 Å². The van der Waals surface area contributed by atoms with Crippen molar-refractivity contribution in [2.45, 2.75) is 43.9 Å². The minimum absolute atomic E-state index is 0. The number of hydrogen-bond acceptors (Lipinski definition) is 7. The second-order valence-corrected chi connectivity index (χ2v) is 5.69. The molecule has 136 valence electrons. The van der Waals surface area contributed by atoms with Gasteiger partial charge in [0.25, 0.3) is 0 Å². The maximum atomic E-state index is 10.5. The molecule has 2 aliphatic heterocycles. The van der Waals surface area contributed by atoms with E-state index in [1.165, 1.54) is 7.11 Å². The van der Waals surface area contributed by atoms with Gasteiger partial charge < -0.3 is 33.5 Å². The molecule has 0 spiro atoms. The summed E-state index contributed by atoms with van der Waals surface area (Å²) in [6.45, 7) is 2.79. The Hall–Kier alpha value is -0.0600. The molecule has 6 atom stereocenters. The number of benzene rings is 1. The molecule has 2 aliphatic rings. The summed E-state index contributed by atoms with van der Waals surface area (Å²) in [4.78, 5) is 0. The fourth-order valence-corrected chi connectivity index (χ4v) is 2.94. The van der Waals surface area contributed by atoms with Crippen LogP contribution in [0.3, 0.4) is 0 Å². The van der Waals surface area contributed by atoms with Crippen LogP contribution in [0.4, 0.5) is 0 Å². The molecule has 1 N–H and O–H groups in total. The van der Waals surface area contributed by atoms with Crippen LogP contribution in [-0.2, 0) is 28.4 Å². The van der Waals surface area contributed by atoms with Crippen LogP contribution in [0, 0.1) is 0 Å². The second-order valence-electron chi connectivity index (χ2n) is 5.69. The first-order valence-electron chi connectivity index (χ1n) is 8.12. The molecule has 2 heterocycles. The summed E-state index contributed by atoms with van der Waals surface area (Å²) in [5.74, 6) is 0. The third kappa shape index (κ3) is 5.01. The van der Waals surface area contributed by atoms with Gasteiger partial charge in [-0.1, -0.05) is 30.3 Å². The fourth-order valence-electron chi connectivity index (χ4n) is 2.94. The third-order valence-electron chi connectivity index (χ3n) is 4.16. The van der Waals surface area contributed by atoms with Gasteiger partial charge in [0.2, 0.25) is 0 Å². The molecule has 8 heteroatoms. The van der Waals surface area contributed by atoms with Crippen molar-refractivity contribution in [3.8, 4) is 0 Å². The summed E-state index contributed by atoms with van der Waals surface area (Å²) in [7, 11) is 1.48. The van der Waals surface area contributed by atoms with Gasteiger partial charge in [-0.2, -0.15) is 0 Å². The maximum absolute atomic E-state index is 10.5. The molecule has 1 aromatic rings.